The van der Waals surface area contributed by atoms with E-state index in [1.54, 1.807) is 6.92 Å². The number of ketones is 1. The maximum atomic E-state index is 11.4. The molecule has 0 aliphatic heterocycles. The van der Waals surface area contributed by atoms with Crippen LogP contribution < -0.4 is 5.32 Å². The summed E-state index contributed by atoms with van der Waals surface area (Å²) in [7, 11) is -2.91. The zero-order valence-corrected chi connectivity index (χ0v) is 10.7. The van der Waals surface area contributed by atoms with Crippen LogP contribution in [0.4, 0.5) is 0 Å². The van der Waals surface area contributed by atoms with E-state index in [9.17, 15) is 13.2 Å². The molecule has 1 saturated carbocycles. The molecule has 1 fully saturated rings. The van der Waals surface area contributed by atoms with E-state index in [0.29, 0.717) is 25.3 Å². The minimum absolute atomic E-state index is 0.144. The van der Waals surface area contributed by atoms with Crippen molar-refractivity contribution in [1.29, 1.82) is 0 Å². The van der Waals surface area contributed by atoms with Gasteiger partial charge in [0.05, 0.1) is 5.75 Å². The summed E-state index contributed by atoms with van der Waals surface area (Å²) >= 11 is 0. The van der Waals surface area contributed by atoms with Crippen LogP contribution in [-0.2, 0) is 14.6 Å². The predicted octanol–water partition coefficient (Wildman–Crippen LogP) is 0.913. The van der Waals surface area contributed by atoms with Crippen LogP contribution in [0.1, 0.15) is 39.0 Å². The van der Waals surface area contributed by atoms with E-state index in [2.05, 4.69) is 5.32 Å². The first-order valence-electron chi connectivity index (χ1n) is 5.99. The molecule has 0 spiro atoms. The highest BCUT2D eigenvalue weighted by atomic mass is 32.2. The van der Waals surface area contributed by atoms with Gasteiger partial charge in [-0.25, -0.2) is 8.42 Å². The van der Waals surface area contributed by atoms with Gasteiger partial charge in [-0.1, -0.05) is 6.92 Å². The van der Waals surface area contributed by atoms with Gasteiger partial charge in [0.25, 0.3) is 0 Å². The first-order valence-corrected chi connectivity index (χ1v) is 7.81. The number of Topliss-reactive ketones (excluding diaryl/α,β-unsaturated/α-hetero) is 1. The Morgan fingerprint density at radius 3 is 2.56 bits per heavy atom. The lowest BCUT2D eigenvalue weighted by Crippen LogP contribution is -2.20. The molecule has 0 amide bonds. The summed E-state index contributed by atoms with van der Waals surface area (Å²) in [5.74, 6) is 0.481. The molecule has 0 aromatic rings. The Morgan fingerprint density at radius 2 is 2.00 bits per heavy atom. The van der Waals surface area contributed by atoms with Crippen molar-refractivity contribution in [2.24, 2.45) is 0 Å². The molecule has 1 N–H and O–H groups in total. The Balaban J connectivity index is 2.00. The Morgan fingerprint density at radius 1 is 1.31 bits per heavy atom. The number of carbonyl (C=O) groups is 1. The third kappa shape index (κ3) is 6.23. The fourth-order valence-corrected chi connectivity index (χ4v) is 2.33. The Hall–Kier alpha value is -0.420. The van der Waals surface area contributed by atoms with Gasteiger partial charge in [0, 0.05) is 31.2 Å². The zero-order valence-electron chi connectivity index (χ0n) is 9.87. The van der Waals surface area contributed by atoms with Gasteiger partial charge in [0.15, 0.2) is 0 Å². The molecule has 1 aliphatic rings. The van der Waals surface area contributed by atoms with Crippen LogP contribution >= 0.6 is 0 Å². The highest BCUT2D eigenvalue weighted by Gasteiger charge is 2.20. The van der Waals surface area contributed by atoms with E-state index in [-0.39, 0.29) is 17.3 Å². The number of rotatable bonds is 9. The van der Waals surface area contributed by atoms with E-state index >= 15 is 0 Å². The van der Waals surface area contributed by atoms with Gasteiger partial charge in [-0.05, 0) is 19.3 Å². The summed E-state index contributed by atoms with van der Waals surface area (Å²) < 4.78 is 22.3. The fourth-order valence-electron chi connectivity index (χ4n) is 1.46. The lowest BCUT2D eigenvalue weighted by atomic mass is 10.2. The largest absolute Gasteiger partial charge is 0.314 e. The van der Waals surface area contributed by atoms with Crippen LogP contribution in [0.5, 0.6) is 0 Å². The van der Waals surface area contributed by atoms with Crippen LogP contribution in [-0.4, -0.2) is 38.3 Å². The van der Waals surface area contributed by atoms with Gasteiger partial charge in [-0.2, -0.15) is 0 Å². The molecule has 1 rings (SSSR count). The lowest BCUT2D eigenvalue weighted by Gasteiger charge is -2.03. The Kier molecular flexibility index (Phi) is 5.41. The van der Waals surface area contributed by atoms with Crippen molar-refractivity contribution >= 4 is 15.6 Å². The van der Waals surface area contributed by atoms with Gasteiger partial charge in [0.1, 0.15) is 15.6 Å². The number of hydrogen-bond acceptors (Lipinski definition) is 4. The van der Waals surface area contributed by atoms with Crippen molar-refractivity contribution in [3.63, 3.8) is 0 Å². The normalized spacial score (nSPS) is 16.3. The molecule has 0 radical (unpaired) electrons. The quantitative estimate of drug-likeness (QED) is 0.658. The van der Waals surface area contributed by atoms with Crippen molar-refractivity contribution in [2.45, 2.75) is 45.1 Å². The molecule has 0 heterocycles. The molecule has 0 aromatic heterocycles. The van der Waals surface area contributed by atoms with Crippen molar-refractivity contribution in [1.82, 2.24) is 5.32 Å². The topological polar surface area (TPSA) is 63.2 Å². The molecule has 5 heteroatoms. The lowest BCUT2D eigenvalue weighted by molar-refractivity contribution is -0.119. The zero-order chi connectivity index (χ0) is 12.0. The second kappa shape index (κ2) is 6.35. The molecule has 0 saturated heterocycles. The van der Waals surface area contributed by atoms with E-state index in [4.69, 9.17) is 0 Å². The Labute approximate surface area is 97.7 Å². The van der Waals surface area contributed by atoms with Crippen molar-refractivity contribution < 1.29 is 13.2 Å². The third-order valence-corrected chi connectivity index (χ3v) is 4.56. The SMILES string of the molecule is CCS(=O)(=O)CCCC(=O)CCNC1CC1. The predicted molar refractivity (Wildman–Crippen MR) is 64.2 cm³/mol. The summed E-state index contributed by atoms with van der Waals surface area (Å²) in [6.07, 6.45) is 3.85. The van der Waals surface area contributed by atoms with E-state index in [1.807, 2.05) is 0 Å². The molecule has 0 aromatic carbocycles. The maximum absolute atomic E-state index is 11.4. The third-order valence-electron chi connectivity index (χ3n) is 2.76. The van der Waals surface area contributed by atoms with E-state index in [0.717, 1.165) is 6.54 Å². The van der Waals surface area contributed by atoms with Gasteiger partial charge >= 0.3 is 0 Å². The molecule has 0 bridgehead atoms. The van der Waals surface area contributed by atoms with Crippen molar-refractivity contribution in [3.8, 4) is 0 Å². The van der Waals surface area contributed by atoms with Crippen LogP contribution in [0.25, 0.3) is 0 Å². The van der Waals surface area contributed by atoms with Crippen molar-refractivity contribution in [2.75, 3.05) is 18.1 Å². The molecule has 94 valence electrons. The summed E-state index contributed by atoms with van der Waals surface area (Å²) in [5, 5.41) is 3.27. The average Bonchev–Trinajstić information content (AvgIpc) is 3.01. The van der Waals surface area contributed by atoms with Gasteiger partial charge in [-0.3, -0.25) is 4.79 Å². The molecule has 0 unspecified atom stereocenters. The summed E-state index contributed by atoms with van der Waals surface area (Å²) in [5.41, 5.74) is 0. The number of sulfone groups is 1. The summed E-state index contributed by atoms with van der Waals surface area (Å²) in [4.78, 5) is 11.4. The van der Waals surface area contributed by atoms with Gasteiger partial charge in [-0.15, -0.1) is 0 Å². The molecule has 16 heavy (non-hydrogen) atoms. The minimum atomic E-state index is -2.91. The molecule has 0 atom stereocenters. The number of hydrogen-bond donors (Lipinski definition) is 1. The van der Waals surface area contributed by atoms with Crippen LogP contribution in [0, 0.1) is 0 Å². The molecule has 1 aliphatic carbocycles. The van der Waals surface area contributed by atoms with E-state index in [1.165, 1.54) is 12.8 Å². The average molecular weight is 247 g/mol. The summed E-state index contributed by atoms with van der Waals surface area (Å²) in [6.45, 7) is 2.38. The molecular weight excluding hydrogens is 226 g/mol. The maximum Gasteiger partial charge on any atom is 0.150 e. The van der Waals surface area contributed by atoms with Crippen LogP contribution in [0.2, 0.25) is 0 Å². The monoisotopic (exact) mass is 247 g/mol. The highest BCUT2D eigenvalue weighted by molar-refractivity contribution is 7.91. The molecule has 4 nitrogen and oxygen atoms in total. The first-order chi connectivity index (χ1) is 7.53. The van der Waals surface area contributed by atoms with Crippen molar-refractivity contribution in [3.05, 3.63) is 0 Å². The number of carbonyl (C=O) groups excluding carboxylic acids is 1. The standard InChI is InChI=1S/C11H21NO3S/c1-2-16(14,15)9-3-4-11(13)7-8-12-10-5-6-10/h10,12H,2-9H2,1H3. The van der Waals surface area contributed by atoms with E-state index < -0.39 is 9.84 Å². The molecular formula is C11H21NO3S. The minimum Gasteiger partial charge on any atom is -0.314 e. The first kappa shape index (κ1) is 13.6. The number of nitrogens with one attached hydrogen (secondary N) is 1. The van der Waals surface area contributed by atoms with Gasteiger partial charge in [0.2, 0.25) is 0 Å². The van der Waals surface area contributed by atoms with Gasteiger partial charge < -0.3 is 5.32 Å². The second-order valence-corrected chi connectivity index (χ2v) is 6.83. The van der Waals surface area contributed by atoms with Crippen LogP contribution in [0.15, 0.2) is 0 Å². The second-order valence-electron chi connectivity index (χ2n) is 4.36. The summed E-state index contributed by atoms with van der Waals surface area (Å²) in [6, 6.07) is 0.633. The highest BCUT2D eigenvalue weighted by Crippen LogP contribution is 2.18. The van der Waals surface area contributed by atoms with Crippen LogP contribution in [0.3, 0.4) is 0 Å². The Bertz CT molecular complexity index is 320. The fraction of sp³-hybridized carbons (Fsp3) is 0.909. The smallest absolute Gasteiger partial charge is 0.150 e.